The highest BCUT2D eigenvalue weighted by Gasteiger charge is 2.56. The lowest BCUT2D eigenvalue weighted by atomic mass is 9.57. The largest absolute Gasteiger partial charge is 0.393 e. The smallest absolute Gasteiger partial charge is 0.143 e. The van der Waals surface area contributed by atoms with E-state index in [-0.39, 0.29) is 40.8 Å². The van der Waals surface area contributed by atoms with Gasteiger partial charge in [-0.1, -0.05) is 26.0 Å². The standard InChI is InChI=1S/C23H33NO3/c1-5-17(25)10-11-18-20-12-13-21(26)23(20,2)14-19(22(18)27)15-6-8-16(9-7-15)24(3)4/h6-9,18-21,26H,5,10-14H2,1-4H3/t18-,19?,20-,21+,23+/m0/s1. The molecular weight excluding hydrogens is 338 g/mol. The summed E-state index contributed by atoms with van der Waals surface area (Å²) in [4.78, 5) is 27.4. The third kappa shape index (κ3) is 3.69. The average Bonchev–Trinajstić information content (AvgIpc) is 2.95. The summed E-state index contributed by atoms with van der Waals surface area (Å²) in [5, 5.41) is 10.7. The van der Waals surface area contributed by atoms with Gasteiger partial charge in [-0.3, -0.25) is 9.59 Å². The van der Waals surface area contributed by atoms with Gasteiger partial charge in [0.15, 0.2) is 0 Å². The molecule has 1 N–H and O–H groups in total. The van der Waals surface area contributed by atoms with E-state index in [1.165, 1.54) is 0 Å². The Bertz CT molecular complexity index is 696. The molecule has 2 aliphatic rings. The molecule has 2 aliphatic carbocycles. The van der Waals surface area contributed by atoms with Crippen molar-refractivity contribution in [2.45, 2.75) is 64.4 Å². The van der Waals surface area contributed by atoms with Crippen molar-refractivity contribution < 1.29 is 14.7 Å². The maximum absolute atomic E-state index is 13.4. The highest BCUT2D eigenvalue weighted by Crippen LogP contribution is 2.57. The summed E-state index contributed by atoms with van der Waals surface area (Å²) in [6.45, 7) is 4.03. The van der Waals surface area contributed by atoms with Crippen LogP contribution in [-0.2, 0) is 9.59 Å². The van der Waals surface area contributed by atoms with Crippen molar-refractivity contribution in [3.63, 3.8) is 0 Å². The first kappa shape index (κ1) is 20.1. The molecule has 4 nitrogen and oxygen atoms in total. The summed E-state index contributed by atoms with van der Waals surface area (Å²) in [5.74, 6) is 0.391. The summed E-state index contributed by atoms with van der Waals surface area (Å²) in [5.41, 5.74) is 1.91. The molecule has 0 spiro atoms. The highest BCUT2D eigenvalue weighted by atomic mass is 16.3. The van der Waals surface area contributed by atoms with Crippen LogP contribution >= 0.6 is 0 Å². The molecular formula is C23H33NO3. The molecule has 4 heteroatoms. The zero-order chi connectivity index (χ0) is 19.8. The number of rotatable bonds is 6. The van der Waals surface area contributed by atoms with E-state index in [0.29, 0.717) is 25.7 Å². The second-order valence-corrected chi connectivity index (χ2v) is 8.89. The van der Waals surface area contributed by atoms with Crippen molar-refractivity contribution >= 4 is 17.3 Å². The van der Waals surface area contributed by atoms with Crippen molar-refractivity contribution in [3.8, 4) is 0 Å². The minimum atomic E-state index is -0.358. The van der Waals surface area contributed by atoms with Crippen LogP contribution in [0.2, 0.25) is 0 Å². The first-order chi connectivity index (χ1) is 12.8. The van der Waals surface area contributed by atoms with Gasteiger partial charge >= 0.3 is 0 Å². The first-order valence-electron chi connectivity index (χ1n) is 10.3. The van der Waals surface area contributed by atoms with Crippen LogP contribution in [0.3, 0.4) is 0 Å². The van der Waals surface area contributed by atoms with Gasteiger partial charge in [-0.25, -0.2) is 0 Å². The first-order valence-corrected chi connectivity index (χ1v) is 10.3. The molecule has 1 unspecified atom stereocenters. The van der Waals surface area contributed by atoms with E-state index in [1.807, 2.05) is 25.9 Å². The number of hydrogen-bond acceptors (Lipinski definition) is 4. The molecule has 0 aromatic heterocycles. The number of nitrogens with zero attached hydrogens (tertiary/aromatic N) is 1. The molecule has 2 saturated carbocycles. The Balaban J connectivity index is 1.90. The number of hydrogen-bond donors (Lipinski definition) is 1. The van der Waals surface area contributed by atoms with Crippen LogP contribution in [0.25, 0.3) is 0 Å². The van der Waals surface area contributed by atoms with Crippen molar-refractivity contribution in [1.82, 2.24) is 0 Å². The number of carbonyl (C=O) groups is 2. The molecule has 0 saturated heterocycles. The van der Waals surface area contributed by atoms with E-state index >= 15 is 0 Å². The zero-order valence-corrected chi connectivity index (χ0v) is 17.1. The third-order valence-corrected chi connectivity index (χ3v) is 7.14. The maximum Gasteiger partial charge on any atom is 0.143 e. The zero-order valence-electron chi connectivity index (χ0n) is 17.1. The van der Waals surface area contributed by atoms with Gasteiger partial charge in [-0.05, 0) is 54.7 Å². The number of benzene rings is 1. The lowest BCUT2D eigenvalue weighted by Gasteiger charge is -2.46. The number of carbonyl (C=O) groups excluding carboxylic acids is 2. The van der Waals surface area contributed by atoms with Crippen LogP contribution in [0, 0.1) is 17.3 Å². The number of ketones is 2. The van der Waals surface area contributed by atoms with E-state index < -0.39 is 0 Å². The minimum Gasteiger partial charge on any atom is -0.393 e. The van der Waals surface area contributed by atoms with E-state index in [2.05, 4.69) is 31.2 Å². The Hall–Kier alpha value is -1.68. The predicted octanol–water partition coefficient (Wildman–Crippen LogP) is 3.96. The quantitative estimate of drug-likeness (QED) is 0.822. The van der Waals surface area contributed by atoms with Gasteiger partial charge in [-0.15, -0.1) is 0 Å². The van der Waals surface area contributed by atoms with Crippen LogP contribution < -0.4 is 4.90 Å². The van der Waals surface area contributed by atoms with Gasteiger partial charge in [0.05, 0.1) is 6.10 Å². The molecule has 1 aromatic carbocycles. The van der Waals surface area contributed by atoms with Crippen LogP contribution in [-0.4, -0.2) is 36.9 Å². The van der Waals surface area contributed by atoms with Gasteiger partial charge < -0.3 is 10.0 Å². The van der Waals surface area contributed by atoms with Crippen molar-refractivity contribution in [1.29, 1.82) is 0 Å². The molecule has 0 heterocycles. The fourth-order valence-electron chi connectivity index (χ4n) is 5.31. The van der Waals surface area contributed by atoms with Crippen LogP contribution in [0.15, 0.2) is 24.3 Å². The van der Waals surface area contributed by atoms with E-state index in [9.17, 15) is 14.7 Å². The lowest BCUT2D eigenvalue weighted by molar-refractivity contribution is -0.136. The van der Waals surface area contributed by atoms with Crippen LogP contribution in [0.4, 0.5) is 5.69 Å². The number of anilines is 1. The monoisotopic (exact) mass is 371 g/mol. The third-order valence-electron chi connectivity index (χ3n) is 7.14. The Morgan fingerprint density at radius 3 is 2.48 bits per heavy atom. The predicted molar refractivity (Wildman–Crippen MR) is 108 cm³/mol. The fourth-order valence-corrected chi connectivity index (χ4v) is 5.31. The van der Waals surface area contributed by atoms with Crippen molar-refractivity contribution in [2.24, 2.45) is 17.3 Å². The van der Waals surface area contributed by atoms with Gasteiger partial charge in [0.1, 0.15) is 11.6 Å². The Kier molecular flexibility index (Phi) is 5.76. The molecule has 1 aromatic rings. The number of fused-ring (bicyclic) bond motifs is 1. The fraction of sp³-hybridized carbons (Fsp3) is 0.652. The Morgan fingerprint density at radius 2 is 1.89 bits per heavy atom. The molecule has 27 heavy (non-hydrogen) atoms. The normalized spacial score (nSPS) is 33.0. The minimum absolute atomic E-state index is 0.116. The summed E-state index contributed by atoms with van der Waals surface area (Å²) in [6, 6.07) is 8.21. The molecule has 0 bridgehead atoms. The summed E-state index contributed by atoms with van der Waals surface area (Å²) in [6.07, 6.45) is 3.63. The van der Waals surface area contributed by atoms with E-state index in [0.717, 1.165) is 24.1 Å². The van der Waals surface area contributed by atoms with Gasteiger partial charge in [-0.2, -0.15) is 0 Å². The molecule has 148 valence electrons. The van der Waals surface area contributed by atoms with E-state index in [1.54, 1.807) is 0 Å². The summed E-state index contributed by atoms with van der Waals surface area (Å²) in [7, 11) is 4.00. The lowest BCUT2D eigenvalue weighted by Crippen LogP contribution is -2.47. The molecule has 0 radical (unpaired) electrons. The van der Waals surface area contributed by atoms with Gasteiger partial charge in [0.25, 0.3) is 0 Å². The molecule has 2 fully saturated rings. The topological polar surface area (TPSA) is 57.6 Å². The highest BCUT2D eigenvalue weighted by molar-refractivity contribution is 5.90. The van der Waals surface area contributed by atoms with Crippen molar-refractivity contribution in [2.75, 3.05) is 19.0 Å². The number of aliphatic hydroxyl groups is 1. The number of aliphatic hydroxyl groups excluding tert-OH is 1. The van der Waals surface area contributed by atoms with E-state index in [4.69, 9.17) is 0 Å². The van der Waals surface area contributed by atoms with Crippen molar-refractivity contribution in [3.05, 3.63) is 29.8 Å². The average molecular weight is 372 g/mol. The summed E-state index contributed by atoms with van der Waals surface area (Å²) < 4.78 is 0. The SMILES string of the molecule is CCC(=O)CC[C@@H]1C(=O)C(c2ccc(N(C)C)cc2)C[C@@]2(C)[C@H](O)CC[C@@H]12. The summed E-state index contributed by atoms with van der Waals surface area (Å²) >= 11 is 0. The molecule has 0 amide bonds. The molecule has 0 aliphatic heterocycles. The second kappa shape index (κ2) is 7.75. The number of Topliss-reactive ketones (excluding diaryl/α,β-unsaturated/α-hetero) is 2. The molecule has 5 atom stereocenters. The molecule has 3 rings (SSSR count). The van der Waals surface area contributed by atoms with Gasteiger partial charge in [0, 0.05) is 44.5 Å². The van der Waals surface area contributed by atoms with Crippen LogP contribution in [0.5, 0.6) is 0 Å². The Morgan fingerprint density at radius 1 is 1.22 bits per heavy atom. The van der Waals surface area contributed by atoms with Crippen LogP contribution in [0.1, 0.15) is 63.9 Å². The Labute approximate surface area is 163 Å². The second-order valence-electron chi connectivity index (χ2n) is 8.89. The maximum atomic E-state index is 13.4. The van der Waals surface area contributed by atoms with Gasteiger partial charge in [0.2, 0.25) is 0 Å².